The number of rotatable bonds is 9. The van der Waals surface area contributed by atoms with Gasteiger partial charge in [0.1, 0.15) is 18.1 Å². The van der Waals surface area contributed by atoms with Crippen LogP contribution in [0.2, 0.25) is 0 Å². The van der Waals surface area contributed by atoms with Crippen LogP contribution in [0.15, 0.2) is 28.8 Å². The average Bonchev–Trinajstić information content (AvgIpc) is 2.97. The molecule has 0 saturated heterocycles. The summed E-state index contributed by atoms with van der Waals surface area (Å²) < 4.78 is 15.9. The number of aryl methyl sites for hydroxylation is 2. The normalized spacial score (nSPS) is 11.9. The molecule has 0 fully saturated rings. The fourth-order valence-electron chi connectivity index (χ4n) is 2.39. The van der Waals surface area contributed by atoms with Gasteiger partial charge in [-0.1, -0.05) is 31.1 Å². The highest BCUT2D eigenvalue weighted by molar-refractivity contribution is 5.81. The predicted molar refractivity (Wildman–Crippen MR) is 104 cm³/mol. The van der Waals surface area contributed by atoms with E-state index in [4.69, 9.17) is 14.0 Å². The number of esters is 1. The lowest BCUT2D eigenvalue weighted by atomic mass is 10.1. The minimum Gasteiger partial charge on any atom is -0.489 e. The molecule has 2 aromatic rings. The van der Waals surface area contributed by atoms with Crippen molar-refractivity contribution < 1.29 is 23.6 Å². The molecule has 28 heavy (non-hydrogen) atoms. The maximum absolute atomic E-state index is 11.9. The summed E-state index contributed by atoms with van der Waals surface area (Å²) >= 11 is 0. The maximum Gasteiger partial charge on any atom is 0.310 e. The van der Waals surface area contributed by atoms with E-state index in [1.54, 1.807) is 24.3 Å². The SMILES string of the molecule is Cc1noc(C)c1COc1ccc(CC(=O)OCC(=O)N[C@H](C)C(C)C)cc1. The zero-order chi connectivity index (χ0) is 20.7. The van der Waals surface area contributed by atoms with Gasteiger partial charge in [0.05, 0.1) is 17.7 Å². The lowest BCUT2D eigenvalue weighted by Gasteiger charge is -2.17. The standard InChI is InChI=1S/C21H28N2O5/c1-13(2)14(3)22-20(24)12-27-21(25)10-17-6-8-18(9-7-17)26-11-19-15(4)23-28-16(19)5/h6-9,13-14H,10-12H2,1-5H3,(H,22,24)/t14-/m1/s1. The van der Waals surface area contributed by atoms with Crippen molar-refractivity contribution in [3.8, 4) is 5.75 Å². The Hall–Kier alpha value is -2.83. The van der Waals surface area contributed by atoms with Crippen molar-refractivity contribution >= 4 is 11.9 Å². The third-order valence-electron chi connectivity index (χ3n) is 4.59. The molecule has 0 saturated carbocycles. The Morgan fingerprint density at radius 2 is 1.82 bits per heavy atom. The zero-order valence-electron chi connectivity index (χ0n) is 17.1. The monoisotopic (exact) mass is 388 g/mol. The summed E-state index contributed by atoms with van der Waals surface area (Å²) in [6.07, 6.45) is 0.0944. The molecule has 1 aromatic carbocycles. The van der Waals surface area contributed by atoms with Gasteiger partial charge in [-0.05, 0) is 44.4 Å². The molecule has 0 spiro atoms. The summed E-state index contributed by atoms with van der Waals surface area (Å²) in [5, 5.41) is 6.69. The van der Waals surface area contributed by atoms with Crippen molar-refractivity contribution in [3.63, 3.8) is 0 Å². The van der Waals surface area contributed by atoms with E-state index in [-0.39, 0.29) is 25.0 Å². The average molecular weight is 388 g/mol. The van der Waals surface area contributed by atoms with E-state index in [9.17, 15) is 9.59 Å². The van der Waals surface area contributed by atoms with Gasteiger partial charge in [-0.15, -0.1) is 0 Å². The molecular formula is C21H28N2O5. The lowest BCUT2D eigenvalue weighted by molar-refractivity contribution is -0.148. The van der Waals surface area contributed by atoms with Crippen LogP contribution < -0.4 is 10.1 Å². The minimum atomic E-state index is -0.447. The molecule has 0 aliphatic rings. The van der Waals surface area contributed by atoms with Gasteiger partial charge in [-0.2, -0.15) is 0 Å². The van der Waals surface area contributed by atoms with Crippen LogP contribution in [-0.2, 0) is 27.4 Å². The summed E-state index contributed by atoms with van der Waals surface area (Å²) in [6.45, 7) is 9.75. The molecule has 0 bridgehead atoms. The predicted octanol–water partition coefficient (Wildman–Crippen LogP) is 3.12. The van der Waals surface area contributed by atoms with E-state index in [0.717, 1.165) is 22.6 Å². The molecule has 1 atom stereocenters. The molecule has 152 valence electrons. The zero-order valence-corrected chi connectivity index (χ0v) is 17.1. The summed E-state index contributed by atoms with van der Waals surface area (Å²) in [5.74, 6) is 0.996. The number of nitrogens with zero attached hydrogens (tertiary/aromatic N) is 1. The van der Waals surface area contributed by atoms with Gasteiger partial charge in [0.15, 0.2) is 6.61 Å². The number of hydrogen-bond donors (Lipinski definition) is 1. The third kappa shape index (κ3) is 6.40. The molecule has 0 aliphatic heterocycles. The van der Waals surface area contributed by atoms with E-state index in [0.29, 0.717) is 18.3 Å². The molecule has 0 unspecified atom stereocenters. The number of aromatic nitrogens is 1. The molecule has 7 nitrogen and oxygen atoms in total. The third-order valence-corrected chi connectivity index (χ3v) is 4.59. The van der Waals surface area contributed by atoms with Gasteiger partial charge >= 0.3 is 5.97 Å². The fraction of sp³-hybridized carbons (Fsp3) is 0.476. The molecular weight excluding hydrogens is 360 g/mol. The van der Waals surface area contributed by atoms with Crippen LogP contribution in [0.1, 0.15) is 43.4 Å². The van der Waals surface area contributed by atoms with E-state index >= 15 is 0 Å². The van der Waals surface area contributed by atoms with Crippen LogP contribution in [-0.4, -0.2) is 29.7 Å². The first kappa shape index (κ1) is 21.5. The summed E-state index contributed by atoms with van der Waals surface area (Å²) in [4.78, 5) is 23.7. The number of nitrogens with one attached hydrogen (secondary N) is 1. The molecule has 7 heteroatoms. The van der Waals surface area contributed by atoms with E-state index in [1.165, 1.54) is 0 Å². The van der Waals surface area contributed by atoms with Crippen molar-refractivity contribution in [2.45, 2.75) is 53.7 Å². The van der Waals surface area contributed by atoms with Crippen molar-refractivity contribution in [2.75, 3.05) is 6.61 Å². The summed E-state index contributed by atoms with van der Waals surface area (Å²) in [7, 11) is 0. The van der Waals surface area contributed by atoms with Gasteiger partial charge < -0.3 is 19.3 Å². The van der Waals surface area contributed by atoms with Crippen LogP contribution in [0.25, 0.3) is 0 Å². The highest BCUT2D eigenvalue weighted by Gasteiger charge is 2.13. The van der Waals surface area contributed by atoms with Gasteiger partial charge in [-0.25, -0.2) is 0 Å². The number of amides is 1. The minimum absolute atomic E-state index is 0.0316. The van der Waals surface area contributed by atoms with E-state index < -0.39 is 5.97 Å². The Kier molecular flexibility index (Phi) is 7.61. The number of carbonyl (C=O) groups excluding carboxylic acids is 2. The van der Waals surface area contributed by atoms with Gasteiger partial charge in [-0.3, -0.25) is 9.59 Å². The molecule has 0 aliphatic carbocycles. The molecule has 1 heterocycles. The molecule has 2 rings (SSSR count). The van der Waals surface area contributed by atoms with Crippen molar-refractivity contribution in [1.29, 1.82) is 0 Å². The Bertz CT molecular complexity index is 776. The second-order valence-electron chi connectivity index (χ2n) is 7.17. The van der Waals surface area contributed by atoms with Gasteiger partial charge in [0, 0.05) is 6.04 Å². The second-order valence-corrected chi connectivity index (χ2v) is 7.17. The first-order chi connectivity index (χ1) is 13.3. The Morgan fingerprint density at radius 1 is 1.14 bits per heavy atom. The van der Waals surface area contributed by atoms with Crippen LogP contribution in [0.4, 0.5) is 0 Å². The number of benzene rings is 1. The highest BCUT2D eigenvalue weighted by atomic mass is 16.5. The van der Waals surface area contributed by atoms with Crippen LogP contribution in [0, 0.1) is 19.8 Å². The van der Waals surface area contributed by atoms with Crippen LogP contribution in [0.3, 0.4) is 0 Å². The molecule has 1 amide bonds. The van der Waals surface area contributed by atoms with Gasteiger partial charge in [0.2, 0.25) is 0 Å². The Morgan fingerprint density at radius 3 is 2.39 bits per heavy atom. The van der Waals surface area contributed by atoms with E-state index in [2.05, 4.69) is 10.5 Å². The van der Waals surface area contributed by atoms with Crippen molar-refractivity contribution in [1.82, 2.24) is 10.5 Å². The van der Waals surface area contributed by atoms with Crippen molar-refractivity contribution in [3.05, 3.63) is 46.8 Å². The lowest BCUT2D eigenvalue weighted by Crippen LogP contribution is -2.38. The quantitative estimate of drug-likeness (QED) is 0.664. The van der Waals surface area contributed by atoms with Crippen LogP contribution >= 0.6 is 0 Å². The first-order valence-corrected chi connectivity index (χ1v) is 9.34. The second kappa shape index (κ2) is 9.92. The summed E-state index contributed by atoms with van der Waals surface area (Å²) in [6, 6.07) is 7.20. The van der Waals surface area contributed by atoms with E-state index in [1.807, 2.05) is 34.6 Å². The van der Waals surface area contributed by atoms with Crippen molar-refractivity contribution in [2.24, 2.45) is 5.92 Å². The number of hydrogen-bond acceptors (Lipinski definition) is 6. The fourth-order valence-corrected chi connectivity index (χ4v) is 2.39. The molecule has 1 N–H and O–H groups in total. The van der Waals surface area contributed by atoms with Crippen LogP contribution in [0.5, 0.6) is 5.75 Å². The highest BCUT2D eigenvalue weighted by Crippen LogP contribution is 2.18. The number of ether oxygens (including phenoxy) is 2. The maximum atomic E-state index is 11.9. The first-order valence-electron chi connectivity index (χ1n) is 9.34. The Labute approximate surface area is 165 Å². The topological polar surface area (TPSA) is 90.7 Å². The molecule has 0 radical (unpaired) electrons. The number of carbonyl (C=O) groups is 2. The van der Waals surface area contributed by atoms with Gasteiger partial charge in [0.25, 0.3) is 5.91 Å². The molecule has 1 aromatic heterocycles. The largest absolute Gasteiger partial charge is 0.489 e. The Balaban J connectivity index is 1.77. The smallest absolute Gasteiger partial charge is 0.310 e. The summed E-state index contributed by atoms with van der Waals surface area (Å²) in [5.41, 5.74) is 2.52.